The fraction of sp³-hybridized carbons (Fsp3) is 0.595. The van der Waals surface area contributed by atoms with Crippen molar-refractivity contribution >= 4 is 18.9 Å². The third-order valence-corrected chi connectivity index (χ3v) is 8.12. The molecule has 1 aromatic carbocycles. The number of aldehydes is 1. The van der Waals surface area contributed by atoms with Gasteiger partial charge < -0.3 is 10.2 Å². The normalized spacial score (nSPS) is 19.0. The topological polar surface area (TPSA) is 32.3 Å². The number of nitrogens with zero attached hydrogens (tertiary/aromatic N) is 1. The van der Waals surface area contributed by atoms with Crippen molar-refractivity contribution in [2.45, 2.75) is 130 Å². The molecular weight excluding hydrogens is 520 g/mol. The lowest BCUT2D eigenvalue weighted by atomic mass is 9.80. The summed E-state index contributed by atoms with van der Waals surface area (Å²) in [6.45, 7) is 26.0. The zero-order valence-corrected chi connectivity index (χ0v) is 28.5. The van der Waals surface area contributed by atoms with Crippen LogP contribution in [-0.4, -0.2) is 35.6 Å². The zero-order valence-electron chi connectivity index (χ0n) is 27.6. The van der Waals surface area contributed by atoms with Crippen LogP contribution in [0.15, 0.2) is 60.0 Å². The maximum absolute atomic E-state index is 11.8. The van der Waals surface area contributed by atoms with Gasteiger partial charge in [-0.1, -0.05) is 76.5 Å². The van der Waals surface area contributed by atoms with Gasteiger partial charge in [-0.25, -0.2) is 0 Å². The maximum atomic E-state index is 11.8. The van der Waals surface area contributed by atoms with E-state index in [2.05, 4.69) is 77.0 Å². The number of thiol groups is 1. The Morgan fingerprint density at radius 1 is 1.20 bits per heavy atom. The van der Waals surface area contributed by atoms with Crippen molar-refractivity contribution in [2.75, 3.05) is 13.1 Å². The van der Waals surface area contributed by atoms with E-state index in [9.17, 15) is 4.79 Å². The third-order valence-electron chi connectivity index (χ3n) is 7.77. The van der Waals surface area contributed by atoms with Crippen molar-refractivity contribution < 1.29 is 4.79 Å². The molecule has 0 spiro atoms. The lowest BCUT2D eigenvalue weighted by Gasteiger charge is -2.26. The van der Waals surface area contributed by atoms with Crippen LogP contribution >= 0.6 is 12.6 Å². The molecule has 0 saturated carbocycles. The first-order valence-electron chi connectivity index (χ1n) is 16.0. The van der Waals surface area contributed by atoms with Crippen LogP contribution in [0.1, 0.15) is 122 Å². The number of nitrogens with one attached hydrogen (secondary N) is 1. The first kappa shape index (κ1) is 37.0. The SMILES string of the molecule is C=C(C)C.C=CN1C(C=O)=C(CNCCc2cc(CCCCC)cc(C)c2C2C=C(C)CCC2)CC1C(C)S.CC. The van der Waals surface area contributed by atoms with Gasteiger partial charge in [0.15, 0.2) is 6.29 Å². The van der Waals surface area contributed by atoms with Gasteiger partial charge in [-0.05, 0) is 113 Å². The molecule has 1 aliphatic heterocycles. The summed E-state index contributed by atoms with van der Waals surface area (Å²) in [7, 11) is 0. The summed E-state index contributed by atoms with van der Waals surface area (Å²) in [6.07, 6.45) is 15.9. The number of hydrogen-bond donors (Lipinski definition) is 2. The lowest BCUT2D eigenvalue weighted by molar-refractivity contribution is -0.106. The molecule has 2 aliphatic rings. The summed E-state index contributed by atoms with van der Waals surface area (Å²) in [6, 6.07) is 5.13. The van der Waals surface area contributed by atoms with E-state index in [1.165, 1.54) is 78.4 Å². The molecule has 3 rings (SSSR count). The molecule has 0 aromatic heterocycles. The molecule has 4 heteroatoms. The smallest absolute Gasteiger partial charge is 0.166 e. The Hall–Kier alpha value is -2.04. The van der Waals surface area contributed by atoms with Gasteiger partial charge in [-0.2, -0.15) is 12.6 Å². The Morgan fingerprint density at radius 3 is 2.44 bits per heavy atom. The van der Waals surface area contributed by atoms with E-state index in [1.807, 2.05) is 32.6 Å². The molecule has 0 fully saturated rings. The first-order chi connectivity index (χ1) is 19.6. The molecule has 1 aromatic rings. The van der Waals surface area contributed by atoms with Gasteiger partial charge in [0, 0.05) is 23.8 Å². The van der Waals surface area contributed by atoms with Gasteiger partial charge in [0.25, 0.3) is 0 Å². The van der Waals surface area contributed by atoms with Crippen LogP contribution in [0, 0.1) is 6.92 Å². The Morgan fingerprint density at radius 2 is 1.88 bits per heavy atom. The molecule has 230 valence electrons. The van der Waals surface area contributed by atoms with Gasteiger partial charge in [-0.15, -0.1) is 6.58 Å². The fourth-order valence-corrected chi connectivity index (χ4v) is 6.22. The second kappa shape index (κ2) is 20.0. The largest absolute Gasteiger partial charge is 0.341 e. The van der Waals surface area contributed by atoms with Crippen molar-refractivity contribution in [3.8, 4) is 0 Å². The van der Waals surface area contributed by atoms with Crippen molar-refractivity contribution in [3.63, 3.8) is 0 Å². The number of rotatable bonds is 13. The van der Waals surface area contributed by atoms with E-state index in [0.717, 1.165) is 37.9 Å². The molecule has 0 radical (unpaired) electrons. The van der Waals surface area contributed by atoms with Crippen LogP contribution in [-0.2, 0) is 17.6 Å². The Kier molecular flexibility index (Phi) is 18.0. The van der Waals surface area contributed by atoms with Gasteiger partial charge in [0.05, 0.1) is 5.70 Å². The summed E-state index contributed by atoms with van der Waals surface area (Å²) in [5.74, 6) is 0.543. The number of hydrogen-bond acceptors (Lipinski definition) is 4. The molecule has 3 nitrogen and oxygen atoms in total. The van der Waals surface area contributed by atoms with Crippen molar-refractivity contribution in [2.24, 2.45) is 0 Å². The number of carbonyl (C=O) groups excluding carboxylic acids is 1. The quantitative estimate of drug-likeness (QED) is 0.105. The van der Waals surface area contributed by atoms with E-state index >= 15 is 0 Å². The first-order valence-corrected chi connectivity index (χ1v) is 16.5. The van der Waals surface area contributed by atoms with Crippen LogP contribution in [0.4, 0.5) is 0 Å². The predicted octanol–water partition coefficient (Wildman–Crippen LogP) is 9.67. The van der Waals surface area contributed by atoms with E-state index in [1.54, 1.807) is 11.8 Å². The minimum Gasteiger partial charge on any atom is -0.341 e. The minimum atomic E-state index is 0.174. The fourth-order valence-electron chi connectivity index (χ4n) is 5.97. The second-order valence-corrected chi connectivity index (χ2v) is 12.6. The zero-order chi connectivity index (χ0) is 30.9. The van der Waals surface area contributed by atoms with E-state index in [0.29, 0.717) is 5.92 Å². The van der Waals surface area contributed by atoms with Crippen LogP contribution < -0.4 is 5.32 Å². The Bertz CT molecular complexity index is 1030. The highest BCUT2D eigenvalue weighted by atomic mass is 32.1. The molecule has 3 atom stereocenters. The molecule has 41 heavy (non-hydrogen) atoms. The molecule has 0 saturated heterocycles. The minimum absolute atomic E-state index is 0.174. The highest BCUT2D eigenvalue weighted by Crippen LogP contribution is 2.36. The van der Waals surface area contributed by atoms with Gasteiger partial charge >= 0.3 is 0 Å². The van der Waals surface area contributed by atoms with Crippen LogP contribution in [0.2, 0.25) is 0 Å². The number of allylic oxidation sites excluding steroid dienone is 4. The molecule has 1 heterocycles. The molecule has 1 N–H and O–H groups in total. The van der Waals surface area contributed by atoms with Gasteiger partial charge in [-0.3, -0.25) is 4.79 Å². The van der Waals surface area contributed by atoms with Crippen molar-refractivity contribution in [1.29, 1.82) is 0 Å². The third kappa shape index (κ3) is 12.0. The van der Waals surface area contributed by atoms with Crippen LogP contribution in [0.3, 0.4) is 0 Å². The summed E-state index contributed by atoms with van der Waals surface area (Å²) in [4.78, 5) is 13.8. The van der Waals surface area contributed by atoms with Gasteiger partial charge in [0.1, 0.15) is 0 Å². The summed E-state index contributed by atoms with van der Waals surface area (Å²) >= 11 is 4.64. The summed E-state index contributed by atoms with van der Waals surface area (Å²) in [5.41, 5.74) is 10.6. The molecule has 1 aliphatic carbocycles. The average Bonchev–Trinajstić information content (AvgIpc) is 3.30. The highest BCUT2D eigenvalue weighted by Gasteiger charge is 2.32. The predicted molar refractivity (Wildman–Crippen MR) is 185 cm³/mol. The maximum Gasteiger partial charge on any atom is 0.166 e. The van der Waals surface area contributed by atoms with Crippen LogP contribution in [0.5, 0.6) is 0 Å². The van der Waals surface area contributed by atoms with Crippen molar-refractivity contribution in [3.05, 3.63) is 82.2 Å². The molecular formula is C37H60N2OS. The highest BCUT2D eigenvalue weighted by molar-refractivity contribution is 7.81. The lowest BCUT2D eigenvalue weighted by Crippen LogP contribution is -2.31. The molecule has 3 unspecified atom stereocenters. The molecule has 0 bridgehead atoms. The molecule has 0 amide bonds. The Balaban J connectivity index is 0.00000129. The number of benzene rings is 1. The van der Waals surface area contributed by atoms with E-state index in [-0.39, 0.29) is 11.3 Å². The summed E-state index contributed by atoms with van der Waals surface area (Å²) in [5, 5.41) is 3.83. The van der Waals surface area contributed by atoms with Crippen molar-refractivity contribution in [1.82, 2.24) is 10.2 Å². The van der Waals surface area contributed by atoms with Gasteiger partial charge in [0.2, 0.25) is 0 Å². The van der Waals surface area contributed by atoms with Crippen LogP contribution in [0.25, 0.3) is 0 Å². The summed E-state index contributed by atoms with van der Waals surface area (Å²) < 4.78 is 0. The second-order valence-electron chi connectivity index (χ2n) is 11.8. The van der Waals surface area contributed by atoms with E-state index < -0.39 is 0 Å². The number of aryl methyl sites for hydroxylation is 2. The Labute approximate surface area is 259 Å². The van der Waals surface area contributed by atoms with E-state index in [4.69, 9.17) is 0 Å². The number of unbranched alkanes of at least 4 members (excludes halogenated alkanes) is 2. The number of carbonyl (C=O) groups is 1. The average molecular weight is 581 g/mol. The standard InChI is InChI=1S/C31H46N2OS.C4H8.C2H6/c1-6-8-9-12-25-17-23(4)31(26-13-10-11-22(3)16-26)27(18-25)14-15-32-20-28-19-29(24(5)35)33(7-2)30(28)21-34;1-4(2)3;1-2/h7,16-18,21,24,26,29,32,35H,2,6,8-15,19-20H2,1,3-5H3;1H2,2-3H3;1-2H3. The monoisotopic (exact) mass is 580 g/mol.